The van der Waals surface area contributed by atoms with Gasteiger partial charge >= 0.3 is 0 Å². The van der Waals surface area contributed by atoms with Crippen LogP contribution in [0.5, 0.6) is 0 Å². The molecule has 1 N–H and O–H groups in total. The maximum Gasteiger partial charge on any atom is 0.243 e. The minimum atomic E-state index is -4.08. The number of rotatable bonds is 7. The number of benzene rings is 3. The van der Waals surface area contributed by atoms with Crippen molar-refractivity contribution in [1.29, 1.82) is 0 Å². The molecule has 0 unspecified atom stereocenters. The first-order valence-electron chi connectivity index (χ1n) is 8.91. The van der Waals surface area contributed by atoms with Gasteiger partial charge < -0.3 is 5.32 Å². The quantitative estimate of drug-likeness (QED) is 0.507. The third kappa shape index (κ3) is 5.80. The Bertz CT molecular complexity index is 1210. The summed E-state index contributed by atoms with van der Waals surface area (Å²) < 4.78 is 54.2. The van der Waals surface area contributed by atoms with E-state index in [0.29, 0.717) is 16.7 Å². The molecule has 10 heteroatoms. The smallest absolute Gasteiger partial charge is 0.243 e. The van der Waals surface area contributed by atoms with Crippen molar-refractivity contribution in [3.63, 3.8) is 0 Å². The first-order valence-corrected chi connectivity index (χ1v) is 11.1. The summed E-state index contributed by atoms with van der Waals surface area (Å²) in [7, 11) is -4.08. The van der Waals surface area contributed by atoms with Gasteiger partial charge in [0.05, 0.1) is 27.2 Å². The van der Waals surface area contributed by atoms with Crippen molar-refractivity contribution in [2.45, 2.75) is 11.4 Å². The first kappa shape index (κ1) is 23.1. The summed E-state index contributed by atoms with van der Waals surface area (Å²) >= 11 is 11.9. The number of hydrogen-bond acceptors (Lipinski definition) is 3. The van der Waals surface area contributed by atoms with Gasteiger partial charge in [0.2, 0.25) is 15.9 Å². The average Bonchev–Trinajstić information content (AvgIpc) is 2.73. The van der Waals surface area contributed by atoms with Crippen LogP contribution in [0.3, 0.4) is 0 Å². The fourth-order valence-electron chi connectivity index (χ4n) is 2.75. The van der Waals surface area contributed by atoms with Crippen molar-refractivity contribution in [3.8, 4) is 0 Å². The largest absolute Gasteiger partial charge is 0.322 e. The monoisotopic (exact) mass is 484 g/mol. The van der Waals surface area contributed by atoms with Gasteiger partial charge in [-0.3, -0.25) is 4.79 Å². The molecule has 0 saturated carbocycles. The second kappa shape index (κ2) is 9.74. The summed E-state index contributed by atoms with van der Waals surface area (Å²) in [5, 5.41) is 2.79. The van der Waals surface area contributed by atoms with Crippen LogP contribution in [0.25, 0.3) is 0 Å². The highest BCUT2D eigenvalue weighted by Crippen LogP contribution is 2.25. The van der Waals surface area contributed by atoms with Gasteiger partial charge in [0, 0.05) is 12.6 Å². The molecular formula is C21H16Cl2F2N2O3S. The van der Waals surface area contributed by atoms with Crippen LogP contribution in [-0.2, 0) is 21.4 Å². The molecule has 0 atom stereocenters. The Morgan fingerprint density at radius 1 is 0.935 bits per heavy atom. The van der Waals surface area contributed by atoms with Crippen LogP contribution in [0.1, 0.15) is 5.56 Å². The van der Waals surface area contributed by atoms with Gasteiger partial charge in [0.25, 0.3) is 0 Å². The van der Waals surface area contributed by atoms with Gasteiger partial charge in [-0.15, -0.1) is 0 Å². The molecule has 5 nitrogen and oxygen atoms in total. The highest BCUT2D eigenvalue weighted by atomic mass is 35.5. The molecule has 0 bridgehead atoms. The van der Waals surface area contributed by atoms with Crippen LogP contribution in [-0.4, -0.2) is 25.2 Å². The van der Waals surface area contributed by atoms with Gasteiger partial charge in [0.1, 0.15) is 11.6 Å². The number of hydrogen-bond donors (Lipinski definition) is 1. The fraction of sp³-hybridized carbons (Fsp3) is 0.0952. The fourth-order valence-corrected chi connectivity index (χ4v) is 4.48. The molecule has 1 amide bonds. The lowest BCUT2D eigenvalue weighted by Gasteiger charge is -2.22. The van der Waals surface area contributed by atoms with Gasteiger partial charge in [0.15, 0.2) is 0 Å². The predicted molar refractivity (Wildman–Crippen MR) is 115 cm³/mol. The topological polar surface area (TPSA) is 66.5 Å². The maximum atomic E-state index is 13.9. The van der Waals surface area contributed by atoms with E-state index in [1.54, 1.807) is 24.3 Å². The molecule has 3 rings (SSSR count). The van der Waals surface area contributed by atoms with Crippen LogP contribution in [0.15, 0.2) is 71.6 Å². The summed E-state index contributed by atoms with van der Waals surface area (Å²) in [6, 6.07) is 14.8. The molecule has 0 aliphatic rings. The molecule has 0 spiro atoms. The first-order chi connectivity index (χ1) is 14.7. The standard InChI is InChI=1S/C21H16Cl2F2N2O3S/c22-17-8-6-14(10-18(17)23)12-27(31(29,30)16-4-2-1-3-5-16)13-21(28)26-20-9-7-15(24)11-19(20)25/h1-11H,12-13H2,(H,26,28). The average molecular weight is 485 g/mol. The van der Waals surface area contributed by atoms with Crippen molar-refractivity contribution in [1.82, 2.24) is 4.31 Å². The van der Waals surface area contributed by atoms with E-state index in [1.165, 1.54) is 24.3 Å². The molecular weight excluding hydrogens is 469 g/mol. The lowest BCUT2D eigenvalue weighted by atomic mass is 10.2. The summed E-state index contributed by atoms with van der Waals surface area (Å²) in [4.78, 5) is 12.5. The van der Waals surface area contributed by atoms with E-state index in [-0.39, 0.29) is 22.2 Å². The third-order valence-electron chi connectivity index (χ3n) is 4.25. The number of nitrogens with one attached hydrogen (secondary N) is 1. The SMILES string of the molecule is O=C(CN(Cc1ccc(Cl)c(Cl)c1)S(=O)(=O)c1ccccc1)Nc1ccc(F)cc1F. The van der Waals surface area contributed by atoms with E-state index in [9.17, 15) is 22.0 Å². The summed E-state index contributed by atoms with van der Waals surface area (Å²) in [6.45, 7) is -0.804. The highest BCUT2D eigenvalue weighted by Gasteiger charge is 2.27. The highest BCUT2D eigenvalue weighted by molar-refractivity contribution is 7.89. The van der Waals surface area contributed by atoms with Crippen molar-refractivity contribution in [2.24, 2.45) is 0 Å². The second-order valence-electron chi connectivity index (χ2n) is 6.51. The third-order valence-corrected chi connectivity index (χ3v) is 6.79. The normalized spacial score (nSPS) is 11.5. The number of halogens is 4. The van der Waals surface area contributed by atoms with E-state index < -0.39 is 34.1 Å². The van der Waals surface area contributed by atoms with Crippen molar-refractivity contribution < 1.29 is 22.0 Å². The molecule has 162 valence electrons. The molecule has 3 aromatic rings. The molecule has 0 radical (unpaired) electrons. The number of carbonyl (C=O) groups is 1. The van der Waals surface area contributed by atoms with Gasteiger partial charge in [-0.1, -0.05) is 47.5 Å². The molecule has 0 aromatic heterocycles. The number of amides is 1. The van der Waals surface area contributed by atoms with Crippen LogP contribution in [0.2, 0.25) is 10.0 Å². The van der Waals surface area contributed by atoms with E-state index in [2.05, 4.69) is 5.32 Å². The molecule has 3 aromatic carbocycles. The van der Waals surface area contributed by atoms with Crippen molar-refractivity contribution >= 4 is 44.8 Å². The van der Waals surface area contributed by atoms with Gasteiger partial charge in [-0.05, 0) is 42.0 Å². The number of sulfonamides is 1. The minimum Gasteiger partial charge on any atom is -0.322 e. The van der Waals surface area contributed by atoms with Gasteiger partial charge in [-0.25, -0.2) is 17.2 Å². The number of anilines is 1. The van der Waals surface area contributed by atoms with Crippen LogP contribution in [0.4, 0.5) is 14.5 Å². The summed E-state index contributed by atoms with van der Waals surface area (Å²) in [5.41, 5.74) is 0.229. The molecule has 0 aliphatic carbocycles. The van der Waals surface area contributed by atoms with Crippen molar-refractivity contribution in [3.05, 3.63) is 94.0 Å². The lowest BCUT2D eigenvalue weighted by Crippen LogP contribution is -2.37. The Hall–Kier alpha value is -2.52. The zero-order valence-corrected chi connectivity index (χ0v) is 18.2. The van der Waals surface area contributed by atoms with Gasteiger partial charge in [-0.2, -0.15) is 4.31 Å². The summed E-state index contributed by atoms with van der Waals surface area (Å²) in [5.74, 6) is -2.58. The van der Waals surface area contributed by atoms with E-state index >= 15 is 0 Å². The molecule has 0 aliphatic heterocycles. The van der Waals surface area contributed by atoms with E-state index in [4.69, 9.17) is 23.2 Å². The van der Waals surface area contributed by atoms with E-state index in [0.717, 1.165) is 16.4 Å². The summed E-state index contributed by atoms with van der Waals surface area (Å²) in [6.07, 6.45) is 0. The predicted octanol–water partition coefficient (Wildman–Crippen LogP) is 5.10. The van der Waals surface area contributed by atoms with Crippen LogP contribution >= 0.6 is 23.2 Å². The van der Waals surface area contributed by atoms with Crippen LogP contribution in [0, 0.1) is 11.6 Å². The maximum absolute atomic E-state index is 13.9. The number of carbonyl (C=O) groups excluding carboxylic acids is 1. The Kier molecular flexibility index (Phi) is 7.27. The minimum absolute atomic E-state index is 0.0178. The Morgan fingerprint density at radius 2 is 1.65 bits per heavy atom. The zero-order valence-electron chi connectivity index (χ0n) is 15.9. The second-order valence-corrected chi connectivity index (χ2v) is 9.26. The Labute approximate surface area is 188 Å². The number of nitrogens with zero attached hydrogens (tertiary/aromatic N) is 1. The van der Waals surface area contributed by atoms with E-state index in [1.807, 2.05) is 0 Å². The van der Waals surface area contributed by atoms with Crippen molar-refractivity contribution in [2.75, 3.05) is 11.9 Å². The molecule has 31 heavy (non-hydrogen) atoms. The Balaban J connectivity index is 1.89. The molecule has 0 fully saturated rings. The van der Waals surface area contributed by atoms with Crippen LogP contribution < -0.4 is 5.32 Å². The molecule has 0 heterocycles. The Morgan fingerprint density at radius 3 is 2.29 bits per heavy atom. The lowest BCUT2D eigenvalue weighted by molar-refractivity contribution is -0.116. The molecule has 0 saturated heterocycles. The zero-order chi connectivity index (χ0) is 22.6.